The van der Waals surface area contributed by atoms with Crippen LogP contribution in [0, 0.1) is 5.82 Å². The van der Waals surface area contributed by atoms with Crippen LogP contribution >= 0.6 is 0 Å². The molecular weight excluding hydrogens is 494 g/mol. The van der Waals surface area contributed by atoms with Gasteiger partial charge in [-0.05, 0) is 64.3 Å². The molecule has 1 aliphatic rings. The molecule has 9 nitrogen and oxygen atoms in total. The van der Waals surface area contributed by atoms with Crippen molar-refractivity contribution in [2.75, 3.05) is 24.7 Å². The van der Waals surface area contributed by atoms with Crippen LogP contribution in [0.1, 0.15) is 62.7 Å². The average molecular weight is 528 g/mol. The van der Waals surface area contributed by atoms with Gasteiger partial charge in [0.15, 0.2) is 11.5 Å². The highest BCUT2D eigenvalue weighted by Gasteiger charge is 2.37. The molecule has 1 aromatic heterocycles. The molecule has 1 atom stereocenters. The van der Waals surface area contributed by atoms with Gasteiger partial charge < -0.3 is 23.8 Å². The third kappa shape index (κ3) is 7.61. The number of nitrogens with zero attached hydrogens (tertiary/aromatic N) is 2. The van der Waals surface area contributed by atoms with E-state index in [1.165, 1.54) is 17.0 Å². The predicted octanol–water partition coefficient (Wildman–Crippen LogP) is 2.07. The molecule has 2 heterocycles. The summed E-state index contributed by atoms with van der Waals surface area (Å²) in [6.07, 6.45) is 0.440. The minimum Gasteiger partial charge on any atom is -0.466 e. The molecule has 1 saturated heterocycles. The summed E-state index contributed by atoms with van der Waals surface area (Å²) >= 11 is 0. The highest BCUT2D eigenvalue weighted by molar-refractivity contribution is 6.38. The SMILES string of the molecule is Bc1c(Cc2ccc(F)cc2)cnc(C(=O)OC(C)C)c1N(C[C@@H]1COC(C)(C)O1)C(=O)CC(=O)OCC. The monoisotopic (exact) mass is 528 g/mol. The third-order valence-corrected chi connectivity index (χ3v) is 5.88. The number of amides is 1. The number of anilines is 1. The van der Waals surface area contributed by atoms with E-state index < -0.39 is 42.3 Å². The van der Waals surface area contributed by atoms with Gasteiger partial charge in [0.05, 0.1) is 31.5 Å². The zero-order valence-electron chi connectivity index (χ0n) is 22.7. The predicted molar refractivity (Wildman–Crippen MR) is 141 cm³/mol. The van der Waals surface area contributed by atoms with Crippen LogP contribution in [0.2, 0.25) is 0 Å². The summed E-state index contributed by atoms with van der Waals surface area (Å²) in [4.78, 5) is 44.6. The molecule has 1 aromatic carbocycles. The molecule has 3 rings (SSSR count). The van der Waals surface area contributed by atoms with Crippen molar-refractivity contribution in [2.45, 2.75) is 65.5 Å². The smallest absolute Gasteiger partial charge is 0.359 e. The van der Waals surface area contributed by atoms with Gasteiger partial charge in [0.2, 0.25) is 5.91 Å². The summed E-state index contributed by atoms with van der Waals surface area (Å²) in [5.41, 5.74) is 2.28. The molecule has 204 valence electrons. The Morgan fingerprint density at radius 3 is 2.50 bits per heavy atom. The fourth-order valence-corrected chi connectivity index (χ4v) is 4.19. The Kier molecular flexibility index (Phi) is 9.62. The molecule has 1 amide bonds. The van der Waals surface area contributed by atoms with Crippen molar-refractivity contribution in [3.8, 4) is 0 Å². The van der Waals surface area contributed by atoms with Crippen molar-refractivity contribution >= 4 is 36.8 Å². The second-order valence-electron chi connectivity index (χ2n) is 9.80. The van der Waals surface area contributed by atoms with E-state index in [-0.39, 0.29) is 37.0 Å². The van der Waals surface area contributed by atoms with E-state index >= 15 is 0 Å². The van der Waals surface area contributed by atoms with Gasteiger partial charge in [0.25, 0.3) is 0 Å². The van der Waals surface area contributed by atoms with Gasteiger partial charge in [-0.3, -0.25) is 9.59 Å². The maximum atomic E-state index is 13.5. The molecule has 0 N–H and O–H groups in total. The maximum absolute atomic E-state index is 13.5. The summed E-state index contributed by atoms with van der Waals surface area (Å²) in [5, 5.41) is 0. The molecular formula is C27H34BFN2O7. The number of ether oxygens (including phenoxy) is 4. The third-order valence-electron chi connectivity index (χ3n) is 5.88. The molecule has 0 unspecified atom stereocenters. The molecule has 2 aromatic rings. The summed E-state index contributed by atoms with van der Waals surface area (Å²) in [5.74, 6) is -3.18. The summed E-state index contributed by atoms with van der Waals surface area (Å²) < 4.78 is 35.5. The Morgan fingerprint density at radius 2 is 1.92 bits per heavy atom. The van der Waals surface area contributed by atoms with E-state index in [1.54, 1.807) is 60.8 Å². The van der Waals surface area contributed by atoms with E-state index in [1.807, 2.05) is 0 Å². The molecule has 1 aliphatic heterocycles. The van der Waals surface area contributed by atoms with Crippen LogP contribution in [-0.2, 0) is 35.0 Å². The fourth-order valence-electron chi connectivity index (χ4n) is 4.19. The van der Waals surface area contributed by atoms with Crippen molar-refractivity contribution in [1.29, 1.82) is 0 Å². The molecule has 1 fully saturated rings. The lowest BCUT2D eigenvalue weighted by Gasteiger charge is -2.29. The molecule has 0 aliphatic carbocycles. The van der Waals surface area contributed by atoms with E-state index in [4.69, 9.17) is 18.9 Å². The van der Waals surface area contributed by atoms with Crippen molar-refractivity contribution in [1.82, 2.24) is 4.98 Å². The molecule has 0 bridgehead atoms. The van der Waals surface area contributed by atoms with Gasteiger partial charge in [-0.15, -0.1) is 0 Å². The summed E-state index contributed by atoms with van der Waals surface area (Å²) in [6, 6.07) is 6.04. The molecule has 11 heteroatoms. The first kappa shape index (κ1) is 29.3. The van der Waals surface area contributed by atoms with Crippen molar-refractivity contribution in [3.63, 3.8) is 0 Å². The Labute approximate surface area is 223 Å². The summed E-state index contributed by atoms with van der Waals surface area (Å²) in [6.45, 7) is 8.94. The zero-order chi connectivity index (χ0) is 28.0. The number of carbonyl (C=O) groups excluding carboxylic acids is 3. The number of carbonyl (C=O) groups is 3. The van der Waals surface area contributed by atoms with Crippen LogP contribution in [0.4, 0.5) is 10.1 Å². The highest BCUT2D eigenvalue weighted by atomic mass is 19.1. The molecule has 0 saturated carbocycles. The number of halogens is 1. The van der Waals surface area contributed by atoms with E-state index in [2.05, 4.69) is 4.98 Å². The van der Waals surface area contributed by atoms with Gasteiger partial charge in [-0.25, -0.2) is 14.2 Å². The quantitative estimate of drug-likeness (QED) is 0.262. The number of benzene rings is 1. The van der Waals surface area contributed by atoms with Crippen molar-refractivity contribution < 1.29 is 37.7 Å². The number of hydrogen-bond acceptors (Lipinski definition) is 8. The lowest BCUT2D eigenvalue weighted by molar-refractivity contribution is -0.146. The first-order valence-electron chi connectivity index (χ1n) is 12.6. The van der Waals surface area contributed by atoms with E-state index in [0.29, 0.717) is 17.4 Å². The largest absolute Gasteiger partial charge is 0.466 e. The number of rotatable bonds is 10. The minimum atomic E-state index is -0.850. The Balaban J connectivity index is 2.10. The Bertz CT molecular complexity index is 1170. The van der Waals surface area contributed by atoms with Crippen molar-refractivity contribution in [2.24, 2.45) is 0 Å². The Hall–Kier alpha value is -3.31. The van der Waals surface area contributed by atoms with Crippen LogP contribution in [0.5, 0.6) is 0 Å². The Morgan fingerprint density at radius 1 is 1.24 bits per heavy atom. The van der Waals surface area contributed by atoms with Gasteiger partial charge in [-0.1, -0.05) is 17.6 Å². The molecule has 0 spiro atoms. The lowest BCUT2D eigenvalue weighted by atomic mass is 9.85. The number of hydrogen-bond donors (Lipinski definition) is 0. The van der Waals surface area contributed by atoms with Gasteiger partial charge in [0, 0.05) is 6.20 Å². The van der Waals surface area contributed by atoms with E-state index in [9.17, 15) is 18.8 Å². The van der Waals surface area contributed by atoms with Crippen LogP contribution in [0.3, 0.4) is 0 Å². The van der Waals surface area contributed by atoms with Crippen LogP contribution in [0.15, 0.2) is 30.5 Å². The van der Waals surface area contributed by atoms with Gasteiger partial charge >= 0.3 is 11.9 Å². The first-order valence-corrected chi connectivity index (χ1v) is 12.6. The highest BCUT2D eigenvalue weighted by Crippen LogP contribution is 2.27. The first-order chi connectivity index (χ1) is 17.9. The number of esters is 2. The maximum Gasteiger partial charge on any atom is 0.359 e. The molecule has 38 heavy (non-hydrogen) atoms. The van der Waals surface area contributed by atoms with Crippen LogP contribution in [0.25, 0.3) is 0 Å². The standard InChI is InChI=1S/C27H34BFN2O7/c1-6-35-22(33)12-21(32)31(14-20-15-36-27(4,5)38-20)25-23(28)18(11-17-7-9-19(29)10-8-17)13-30-24(25)26(34)37-16(2)3/h7-10,13,16,20H,6,11-12,14-15,28H2,1-5H3/t20-/m1/s1. The van der Waals surface area contributed by atoms with Crippen LogP contribution in [-0.4, -0.2) is 68.4 Å². The minimum absolute atomic E-state index is 0.00610. The topological polar surface area (TPSA) is 104 Å². The van der Waals surface area contributed by atoms with E-state index in [0.717, 1.165) is 5.56 Å². The number of pyridine rings is 1. The van der Waals surface area contributed by atoms with Crippen molar-refractivity contribution in [3.05, 3.63) is 53.1 Å². The van der Waals surface area contributed by atoms with Gasteiger partial charge in [-0.2, -0.15) is 0 Å². The fraction of sp³-hybridized carbons (Fsp3) is 0.481. The summed E-state index contributed by atoms with van der Waals surface area (Å²) in [7, 11) is 1.77. The normalized spacial score (nSPS) is 16.3. The lowest BCUT2D eigenvalue weighted by Crippen LogP contribution is -2.44. The molecule has 0 radical (unpaired) electrons. The zero-order valence-corrected chi connectivity index (χ0v) is 22.7. The van der Waals surface area contributed by atoms with Crippen LogP contribution < -0.4 is 10.4 Å². The number of aromatic nitrogens is 1. The second-order valence-corrected chi connectivity index (χ2v) is 9.80. The second kappa shape index (κ2) is 12.5. The average Bonchev–Trinajstić information content (AvgIpc) is 3.18. The van der Waals surface area contributed by atoms with Gasteiger partial charge in [0.1, 0.15) is 26.2 Å².